The molecule has 0 aliphatic carbocycles. The lowest BCUT2D eigenvalue weighted by molar-refractivity contribution is -0.385. The van der Waals surface area contributed by atoms with E-state index in [0.29, 0.717) is 0 Å². The summed E-state index contributed by atoms with van der Waals surface area (Å²) in [6.45, 7) is 0. The largest absolute Gasteiger partial charge is 0.479 e. The molecule has 1 fully saturated rings. The summed E-state index contributed by atoms with van der Waals surface area (Å²) in [5, 5.41) is 39.8. The molecule has 23 heavy (non-hydrogen) atoms. The first kappa shape index (κ1) is 16.4. The van der Waals surface area contributed by atoms with Gasteiger partial charge in [-0.3, -0.25) is 19.8 Å². The van der Waals surface area contributed by atoms with Crippen LogP contribution >= 0.6 is 0 Å². The van der Waals surface area contributed by atoms with Crippen molar-refractivity contribution in [1.82, 2.24) is 4.90 Å². The molecule has 10 heteroatoms. The van der Waals surface area contributed by atoms with Crippen molar-refractivity contribution in [2.24, 2.45) is 0 Å². The van der Waals surface area contributed by atoms with E-state index in [4.69, 9.17) is 0 Å². The van der Waals surface area contributed by atoms with Gasteiger partial charge in [-0.2, -0.15) is 0 Å². The van der Waals surface area contributed by atoms with E-state index in [1.165, 1.54) is 18.2 Å². The van der Waals surface area contributed by atoms with Gasteiger partial charge in [0.2, 0.25) is 11.9 Å². The zero-order chi connectivity index (χ0) is 17.4. The Bertz CT molecular complexity index is 674. The third-order valence-electron chi connectivity index (χ3n) is 3.96. The summed E-state index contributed by atoms with van der Waals surface area (Å²) in [7, 11) is 0. The van der Waals surface area contributed by atoms with Gasteiger partial charge in [-0.05, 0) is 0 Å². The minimum absolute atomic E-state index is 0.0405. The molecule has 0 aromatic heterocycles. The number of nitrogens with zero attached hydrogens (tertiary/aromatic N) is 2. The Morgan fingerprint density at radius 3 is 2.30 bits per heavy atom. The first-order chi connectivity index (χ1) is 10.8. The third-order valence-corrected chi connectivity index (χ3v) is 3.96. The Morgan fingerprint density at radius 1 is 1.30 bits per heavy atom. The van der Waals surface area contributed by atoms with E-state index in [-0.39, 0.29) is 16.9 Å². The molecule has 1 aromatic carbocycles. The lowest BCUT2D eigenvalue weighted by Crippen LogP contribution is -2.57. The van der Waals surface area contributed by atoms with Crippen LogP contribution < -0.4 is 0 Å². The summed E-state index contributed by atoms with van der Waals surface area (Å²) in [6.07, 6.45) is -2.59. The normalized spacial score (nSPS) is 22.6. The number of nitro groups is 1. The number of rotatable bonds is 5. The minimum Gasteiger partial charge on any atom is -0.479 e. The standard InChI is InChI=1S/C13H12N2O8/c16-6-14-10(17)8(5-13(14,11(18)19)12(20)21)7-3-1-2-4-9(7)15(22)23/h1-4,6,8,10,17H,5H2,(H,18,19)(H,20,21). The van der Waals surface area contributed by atoms with Crippen molar-refractivity contribution < 1.29 is 34.6 Å². The molecule has 1 aromatic rings. The van der Waals surface area contributed by atoms with E-state index in [2.05, 4.69) is 0 Å². The smallest absolute Gasteiger partial charge is 0.341 e. The monoisotopic (exact) mass is 324 g/mol. The number of para-hydroxylation sites is 1. The summed E-state index contributed by atoms with van der Waals surface area (Å²) in [6, 6.07) is 5.24. The van der Waals surface area contributed by atoms with Crippen LogP contribution in [0.5, 0.6) is 0 Å². The zero-order valence-corrected chi connectivity index (χ0v) is 11.5. The summed E-state index contributed by atoms with van der Waals surface area (Å²) in [5.74, 6) is -4.90. The van der Waals surface area contributed by atoms with Crippen molar-refractivity contribution in [1.29, 1.82) is 0 Å². The molecule has 1 aliphatic rings. The molecule has 0 radical (unpaired) electrons. The van der Waals surface area contributed by atoms with Gasteiger partial charge in [-0.15, -0.1) is 0 Å². The van der Waals surface area contributed by atoms with Gasteiger partial charge < -0.3 is 15.3 Å². The van der Waals surface area contributed by atoms with Crippen LogP contribution in [0.2, 0.25) is 0 Å². The Labute approximate surface area is 128 Å². The highest BCUT2D eigenvalue weighted by Gasteiger charge is 2.62. The molecule has 0 saturated carbocycles. The van der Waals surface area contributed by atoms with Crippen LogP contribution in [-0.4, -0.2) is 55.3 Å². The van der Waals surface area contributed by atoms with Gasteiger partial charge in [0.15, 0.2) is 0 Å². The Kier molecular flexibility index (Phi) is 4.02. The molecule has 2 unspecified atom stereocenters. The van der Waals surface area contributed by atoms with E-state index in [1.807, 2.05) is 0 Å². The van der Waals surface area contributed by atoms with Gasteiger partial charge in [-0.1, -0.05) is 18.2 Å². The van der Waals surface area contributed by atoms with Crippen LogP contribution in [0.3, 0.4) is 0 Å². The predicted molar refractivity (Wildman–Crippen MR) is 72.4 cm³/mol. The van der Waals surface area contributed by atoms with Crippen LogP contribution in [0.1, 0.15) is 17.9 Å². The van der Waals surface area contributed by atoms with Crippen LogP contribution in [-0.2, 0) is 14.4 Å². The zero-order valence-electron chi connectivity index (χ0n) is 11.5. The van der Waals surface area contributed by atoms with Gasteiger partial charge in [-0.25, -0.2) is 9.59 Å². The molecule has 1 aliphatic heterocycles. The number of hydrogen-bond acceptors (Lipinski definition) is 6. The van der Waals surface area contributed by atoms with Crippen molar-refractivity contribution in [2.75, 3.05) is 0 Å². The van der Waals surface area contributed by atoms with Crippen molar-refractivity contribution in [3.8, 4) is 0 Å². The van der Waals surface area contributed by atoms with Crippen LogP contribution in [0, 0.1) is 10.1 Å². The lowest BCUT2D eigenvalue weighted by atomic mass is 9.87. The molecule has 1 amide bonds. The average molecular weight is 324 g/mol. The molecule has 1 heterocycles. The van der Waals surface area contributed by atoms with Crippen molar-refractivity contribution in [3.05, 3.63) is 39.9 Å². The molecule has 10 nitrogen and oxygen atoms in total. The number of aliphatic carboxylic acids is 2. The Hall–Kier alpha value is -3.01. The van der Waals surface area contributed by atoms with E-state index in [1.54, 1.807) is 0 Å². The van der Waals surface area contributed by atoms with Crippen molar-refractivity contribution in [3.63, 3.8) is 0 Å². The van der Waals surface area contributed by atoms with Gasteiger partial charge in [0.05, 0.1) is 4.92 Å². The fourth-order valence-electron chi connectivity index (χ4n) is 2.83. The van der Waals surface area contributed by atoms with Crippen molar-refractivity contribution in [2.45, 2.75) is 24.1 Å². The quantitative estimate of drug-likeness (QED) is 0.290. The number of aliphatic hydroxyl groups is 1. The first-order valence-electron chi connectivity index (χ1n) is 6.39. The number of carboxylic acid groups (broad SMARTS) is 2. The molecule has 2 atom stereocenters. The minimum atomic E-state index is -2.68. The van der Waals surface area contributed by atoms with Gasteiger partial charge in [0.1, 0.15) is 6.23 Å². The molecular formula is C13H12N2O8. The summed E-state index contributed by atoms with van der Waals surface area (Å²) >= 11 is 0. The van der Waals surface area contributed by atoms with Gasteiger partial charge in [0, 0.05) is 24.0 Å². The number of hydrogen-bond donors (Lipinski definition) is 3. The number of carboxylic acids is 2. The number of carbonyl (C=O) groups is 3. The molecule has 3 N–H and O–H groups in total. The number of benzene rings is 1. The number of likely N-dealkylation sites (tertiary alicyclic amines) is 1. The number of aliphatic hydroxyl groups excluding tert-OH is 1. The van der Waals surface area contributed by atoms with E-state index in [0.717, 1.165) is 6.07 Å². The average Bonchev–Trinajstić information content (AvgIpc) is 2.81. The fourth-order valence-corrected chi connectivity index (χ4v) is 2.83. The highest BCUT2D eigenvalue weighted by atomic mass is 16.6. The molecule has 1 saturated heterocycles. The highest BCUT2D eigenvalue weighted by molar-refractivity contribution is 6.05. The fraction of sp³-hybridized carbons (Fsp3) is 0.308. The predicted octanol–water partition coefficient (Wildman–Crippen LogP) is -0.233. The summed E-state index contributed by atoms with van der Waals surface area (Å²) < 4.78 is 0. The SMILES string of the molecule is O=CN1C(O)C(c2ccccc2[N+](=O)[O-])CC1(C(=O)O)C(=O)O. The number of carbonyl (C=O) groups excluding carboxylic acids is 1. The number of nitro benzene ring substituents is 1. The van der Waals surface area contributed by atoms with Gasteiger partial charge in [0.25, 0.3) is 5.69 Å². The van der Waals surface area contributed by atoms with Crippen LogP contribution in [0.15, 0.2) is 24.3 Å². The summed E-state index contributed by atoms with van der Waals surface area (Å²) in [4.78, 5) is 44.7. The maximum absolute atomic E-state index is 11.4. The molecule has 0 spiro atoms. The second-order valence-corrected chi connectivity index (χ2v) is 5.02. The lowest BCUT2D eigenvalue weighted by Gasteiger charge is -2.28. The molecule has 122 valence electrons. The Morgan fingerprint density at radius 2 is 1.87 bits per heavy atom. The second-order valence-electron chi connectivity index (χ2n) is 5.02. The van der Waals surface area contributed by atoms with Crippen LogP contribution in [0.25, 0.3) is 0 Å². The maximum Gasteiger partial charge on any atom is 0.341 e. The molecule has 0 bridgehead atoms. The highest BCUT2D eigenvalue weighted by Crippen LogP contribution is 2.44. The Balaban J connectivity index is 2.60. The first-order valence-corrected chi connectivity index (χ1v) is 6.39. The second kappa shape index (κ2) is 5.65. The maximum atomic E-state index is 11.4. The van der Waals surface area contributed by atoms with E-state index < -0.39 is 46.7 Å². The van der Waals surface area contributed by atoms with Gasteiger partial charge >= 0.3 is 11.9 Å². The third kappa shape index (κ3) is 2.28. The summed E-state index contributed by atoms with van der Waals surface area (Å²) in [5.41, 5.74) is -3.12. The van der Waals surface area contributed by atoms with Crippen LogP contribution in [0.4, 0.5) is 5.69 Å². The molecular weight excluding hydrogens is 312 g/mol. The van der Waals surface area contributed by atoms with Crippen molar-refractivity contribution >= 4 is 24.0 Å². The van der Waals surface area contributed by atoms with E-state index >= 15 is 0 Å². The number of amides is 1. The molecule has 2 rings (SSSR count). The topological polar surface area (TPSA) is 158 Å². The van der Waals surface area contributed by atoms with E-state index in [9.17, 15) is 39.8 Å².